The van der Waals surface area contributed by atoms with Crippen molar-refractivity contribution in [2.45, 2.75) is 44.4 Å². The largest absolute Gasteiger partial charge is 0.127 e. The first-order valence-corrected chi connectivity index (χ1v) is 7.14. The molecule has 3 heteroatoms. The lowest BCUT2D eigenvalue weighted by molar-refractivity contribution is 0.208. The maximum Gasteiger partial charge on any atom is 0.0931 e. The molecule has 1 aromatic rings. The molecule has 84 valence electrons. The van der Waals surface area contributed by atoms with E-state index >= 15 is 0 Å². The van der Waals surface area contributed by atoms with Crippen molar-refractivity contribution in [3.8, 4) is 0 Å². The van der Waals surface area contributed by atoms with Crippen molar-refractivity contribution in [2.75, 3.05) is 0 Å². The number of rotatable bonds is 2. The van der Waals surface area contributed by atoms with Gasteiger partial charge in [0.1, 0.15) is 0 Å². The Labute approximate surface area is 106 Å². The van der Waals surface area contributed by atoms with Crippen LogP contribution in [0.25, 0.3) is 0 Å². The summed E-state index contributed by atoms with van der Waals surface area (Å²) in [4.78, 5) is 1.23. The molecule has 1 heterocycles. The SMILES string of the molecule is CC1(C(Cl)c2ccc(Cl)s2)CCCCC1. The Balaban J connectivity index is 2.15. The highest BCUT2D eigenvalue weighted by atomic mass is 35.5. The predicted octanol–water partition coefficient (Wildman–Crippen LogP) is 5.65. The van der Waals surface area contributed by atoms with E-state index in [2.05, 4.69) is 13.0 Å². The van der Waals surface area contributed by atoms with Crippen LogP contribution < -0.4 is 0 Å². The minimum Gasteiger partial charge on any atom is -0.127 e. The summed E-state index contributed by atoms with van der Waals surface area (Å²) in [6, 6.07) is 4.02. The van der Waals surface area contributed by atoms with E-state index in [9.17, 15) is 0 Å². The standard InChI is InChI=1S/C12H16Cl2S/c1-12(7-3-2-4-8-12)11(14)9-5-6-10(13)15-9/h5-6,11H,2-4,7-8H2,1H3. The smallest absolute Gasteiger partial charge is 0.0931 e. The molecule has 15 heavy (non-hydrogen) atoms. The summed E-state index contributed by atoms with van der Waals surface area (Å²) in [5.74, 6) is 0. The van der Waals surface area contributed by atoms with Gasteiger partial charge in [0.25, 0.3) is 0 Å². The van der Waals surface area contributed by atoms with Crippen molar-refractivity contribution in [3.05, 3.63) is 21.3 Å². The summed E-state index contributed by atoms with van der Waals surface area (Å²) in [6.45, 7) is 2.32. The number of hydrogen-bond acceptors (Lipinski definition) is 1. The molecular formula is C12H16Cl2S. The summed E-state index contributed by atoms with van der Waals surface area (Å²) in [5.41, 5.74) is 0.272. The van der Waals surface area contributed by atoms with Crippen LogP contribution in [0.5, 0.6) is 0 Å². The van der Waals surface area contributed by atoms with Gasteiger partial charge in [-0.3, -0.25) is 0 Å². The summed E-state index contributed by atoms with van der Waals surface area (Å²) in [5, 5.41) is 0.135. The van der Waals surface area contributed by atoms with Gasteiger partial charge in [-0.05, 0) is 30.4 Å². The number of hydrogen-bond donors (Lipinski definition) is 0. The molecule has 0 nitrogen and oxygen atoms in total. The normalized spacial score (nSPS) is 22.6. The number of halogens is 2. The fraction of sp³-hybridized carbons (Fsp3) is 0.667. The zero-order valence-electron chi connectivity index (χ0n) is 8.93. The second-order valence-electron chi connectivity index (χ2n) is 4.72. The molecule has 0 spiro atoms. The van der Waals surface area contributed by atoms with Crippen LogP contribution in [0.2, 0.25) is 4.34 Å². The van der Waals surface area contributed by atoms with Crippen LogP contribution in [-0.4, -0.2) is 0 Å². The summed E-state index contributed by atoms with van der Waals surface area (Å²) in [6.07, 6.45) is 6.50. The highest BCUT2D eigenvalue weighted by Crippen LogP contribution is 2.50. The van der Waals surface area contributed by atoms with Gasteiger partial charge in [0.2, 0.25) is 0 Å². The molecule has 0 N–H and O–H groups in total. The van der Waals surface area contributed by atoms with Crippen LogP contribution in [0, 0.1) is 5.41 Å². The Morgan fingerprint density at radius 3 is 2.47 bits per heavy atom. The molecule has 1 aliphatic carbocycles. The first-order valence-electron chi connectivity index (χ1n) is 5.51. The molecular weight excluding hydrogens is 247 g/mol. The van der Waals surface area contributed by atoms with Crippen molar-refractivity contribution in [1.82, 2.24) is 0 Å². The van der Waals surface area contributed by atoms with Crippen LogP contribution in [0.3, 0.4) is 0 Å². The monoisotopic (exact) mass is 262 g/mol. The first-order chi connectivity index (χ1) is 7.12. The van der Waals surface area contributed by atoms with E-state index in [0.29, 0.717) is 0 Å². The molecule has 1 fully saturated rings. The first kappa shape index (κ1) is 11.8. The van der Waals surface area contributed by atoms with Crippen LogP contribution in [0.1, 0.15) is 49.3 Å². The van der Waals surface area contributed by atoms with Crippen molar-refractivity contribution < 1.29 is 0 Å². The van der Waals surface area contributed by atoms with Crippen molar-refractivity contribution in [3.63, 3.8) is 0 Å². The van der Waals surface area contributed by atoms with Crippen molar-refractivity contribution >= 4 is 34.5 Å². The van der Waals surface area contributed by atoms with Gasteiger partial charge < -0.3 is 0 Å². The molecule has 1 saturated carbocycles. The second-order valence-corrected chi connectivity index (χ2v) is 6.90. The van der Waals surface area contributed by atoms with Crippen LogP contribution in [0.15, 0.2) is 12.1 Å². The summed E-state index contributed by atoms with van der Waals surface area (Å²) < 4.78 is 0.843. The topological polar surface area (TPSA) is 0 Å². The van der Waals surface area contributed by atoms with Crippen molar-refractivity contribution in [1.29, 1.82) is 0 Å². The van der Waals surface area contributed by atoms with E-state index < -0.39 is 0 Å². The van der Waals surface area contributed by atoms with Gasteiger partial charge in [0.15, 0.2) is 0 Å². The van der Waals surface area contributed by atoms with Crippen molar-refractivity contribution in [2.24, 2.45) is 5.41 Å². The van der Waals surface area contributed by atoms with Gasteiger partial charge >= 0.3 is 0 Å². The van der Waals surface area contributed by atoms with E-state index in [0.717, 1.165) is 4.34 Å². The van der Waals surface area contributed by atoms with Crippen LogP contribution in [0.4, 0.5) is 0 Å². The molecule has 1 aromatic heterocycles. The van der Waals surface area contributed by atoms with Gasteiger partial charge in [-0.15, -0.1) is 22.9 Å². The molecule has 2 rings (SSSR count). The van der Waals surface area contributed by atoms with Gasteiger partial charge in [-0.2, -0.15) is 0 Å². The average Bonchev–Trinajstić information content (AvgIpc) is 2.65. The lowest BCUT2D eigenvalue weighted by Crippen LogP contribution is -2.24. The minimum absolute atomic E-state index is 0.135. The third kappa shape index (κ3) is 2.51. The molecule has 0 aliphatic heterocycles. The highest BCUT2D eigenvalue weighted by Gasteiger charge is 2.35. The average molecular weight is 263 g/mol. The maximum atomic E-state index is 6.59. The van der Waals surface area contributed by atoms with E-state index in [4.69, 9.17) is 23.2 Å². The number of thiophene rings is 1. The zero-order valence-corrected chi connectivity index (χ0v) is 11.3. The van der Waals surface area contributed by atoms with E-state index in [1.165, 1.54) is 37.0 Å². The predicted molar refractivity (Wildman–Crippen MR) is 69.1 cm³/mol. The lowest BCUT2D eigenvalue weighted by Gasteiger charge is -2.37. The molecule has 1 aliphatic rings. The fourth-order valence-corrected chi connectivity index (χ4v) is 4.06. The molecule has 1 unspecified atom stereocenters. The molecule has 1 atom stereocenters. The zero-order chi connectivity index (χ0) is 10.9. The highest BCUT2D eigenvalue weighted by molar-refractivity contribution is 7.16. The van der Waals surface area contributed by atoms with Gasteiger partial charge in [-0.1, -0.05) is 37.8 Å². The Morgan fingerprint density at radius 1 is 1.27 bits per heavy atom. The van der Waals surface area contributed by atoms with Gasteiger partial charge in [0.05, 0.1) is 9.71 Å². The van der Waals surface area contributed by atoms with E-state index in [-0.39, 0.29) is 10.8 Å². The molecule has 0 bridgehead atoms. The Morgan fingerprint density at radius 2 is 1.93 bits per heavy atom. The summed E-state index contributed by atoms with van der Waals surface area (Å²) >= 11 is 14.2. The van der Waals surface area contributed by atoms with E-state index in [1.807, 2.05) is 6.07 Å². The Bertz CT molecular complexity index is 326. The third-order valence-electron chi connectivity index (χ3n) is 3.45. The summed E-state index contributed by atoms with van der Waals surface area (Å²) in [7, 11) is 0. The fourth-order valence-electron chi connectivity index (χ4n) is 2.42. The molecule has 0 amide bonds. The maximum absolute atomic E-state index is 6.59. The molecule has 0 saturated heterocycles. The van der Waals surface area contributed by atoms with Gasteiger partial charge in [0, 0.05) is 4.88 Å². The second kappa shape index (κ2) is 4.65. The quantitative estimate of drug-likeness (QED) is 0.604. The lowest BCUT2D eigenvalue weighted by atomic mass is 9.73. The third-order valence-corrected chi connectivity index (χ3v) is 5.64. The number of alkyl halides is 1. The molecule has 0 radical (unpaired) electrons. The van der Waals surface area contributed by atoms with Crippen LogP contribution >= 0.6 is 34.5 Å². The van der Waals surface area contributed by atoms with Crippen LogP contribution in [-0.2, 0) is 0 Å². The van der Waals surface area contributed by atoms with E-state index in [1.54, 1.807) is 11.3 Å². The Kier molecular flexibility index (Phi) is 3.64. The minimum atomic E-state index is 0.135. The molecule has 0 aromatic carbocycles. The van der Waals surface area contributed by atoms with Gasteiger partial charge in [-0.25, -0.2) is 0 Å². The Hall–Kier alpha value is 0.280.